The van der Waals surface area contributed by atoms with Gasteiger partial charge in [0.25, 0.3) is 5.91 Å². The zero-order chi connectivity index (χ0) is 20.4. The monoisotopic (exact) mass is 384 g/mol. The van der Waals surface area contributed by atoms with Crippen LogP contribution >= 0.6 is 0 Å². The van der Waals surface area contributed by atoms with E-state index < -0.39 is 0 Å². The summed E-state index contributed by atoms with van der Waals surface area (Å²) in [7, 11) is 4.10. The predicted molar refractivity (Wildman–Crippen MR) is 115 cm³/mol. The summed E-state index contributed by atoms with van der Waals surface area (Å²) in [5.74, 6) is 1.34. The molecule has 1 aromatic carbocycles. The lowest BCUT2D eigenvalue weighted by Crippen LogP contribution is -2.25. The quantitative estimate of drug-likeness (QED) is 0.517. The molecule has 0 atom stereocenters. The molecule has 0 aliphatic heterocycles. The Balaban J connectivity index is 2.04. The molecule has 1 aromatic heterocycles. The molecule has 2 rings (SSSR count). The Labute approximate surface area is 168 Å². The van der Waals surface area contributed by atoms with Crippen LogP contribution in [-0.4, -0.2) is 54.5 Å². The molecule has 0 fully saturated rings. The Morgan fingerprint density at radius 1 is 1.14 bits per heavy atom. The number of nitrogens with zero attached hydrogens (tertiary/aromatic N) is 3. The third-order valence-electron chi connectivity index (χ3n) is 4.07. The van der Waals surface area contributed by atoms with E-state index in [1.807, 2.05) is 44.4 Å². The highest BCUT2D eigenvalue weighted by atomic mass is 16.1. The number of anilines is 2. The summed E-state index contributed by atoms with van der Waals surface area (Å²) in [6, 6.07) is 9.83. The summed E-state index contributed by atoms with van der Waals surface area (Å²) in [4.78, 5) is 23.7. The Hall–Kier alpha value is -2.67. The fourth-order valence-electron chi connectivity index (χ4n) is 2.54. The minimum atomic E-state index is -0.186. The first-order valence-electron chi connectivity index (χ1n) is 9.77. The molecule has 0 bridgehead atoms. The highest BCUT2D eigenvalue weighted by Crippen LogP contribution is 2.15. The smallest absolute Gasteiger partial charge is 0.256 e. The molecule has 0 radical (unpaired) electrons. The van der Waals surface area contributed by atoms with Crippen molar-refractivity contribution in [3.05, 3.63) is 47.7 Å². The van der Waals surface area contributed by atoms with Crippen LogP contribution in [0.5, 0.6) is 0 Å². The maximum Gasteiger partial charge on any atom is 0.256 e. The number of carbonyl (C=O) groups is 1. The largest absolute Gasteiger partial charge is 0.369 e. The highest BCUT2D eigenvalue weighted by molar-refractivity contribution is 5.98. The van der Waals surface area contributed by atoms with E-state index in [0.29, 0.717) is 29.8 Å². The Kier molecular flexibility index (Phi) is 8.68. The van der Waals surface area contributed by atoms with Crippen molar-refractivity contribution < 1.29 is 4.79 Å². The van der Waals surface area contributed by atoms with E-state index in [-0.39, 0.29) is 5.91 Å². The van der Waals surface area contributed by atoms with Gasteiger partial charge in [0.05, 0.1) is 0 Å². The van der Waals surface area contributed by atoms with Crippen LogP contribution in [0.1, 0.15) is 36.2 Å². The molecule has 152 valence electrons. The number of nitrogens with one attached hydrogen (secondary N) is 3. The van der Waals surface area contributed by atoms with Gasteiger partial charge in [0.15, 0.2) is 0 Å². The maximum absolute atomic E-state index is 12.7. The molecule has 7 heteroatoms. The minimum Gasteiger partial charge on any atom is -0.369 e. The normalized spacial score (nSPS) is 10.9. The average molecular weight is 385 g/mol. The van der Waals surface area contributed by atoms with E-state index in [1.54, 1.807) is 6.20 Å². The number of carbonyl (C=O) groups excluding carboxylic acids is 1. The van der Waals surface area contributed by atoms with E-state index in [9.17, 15) is 4.79 Å². The van der Waals surface area contributed by atoms with Gasteiger partial charge in [0.1, 0.15) is 11.4 Å². The van der Waals surface area contributed by atoms with Gasteiger partial charge in [-0.1, -0.05) is 44.2 Å². The van der Waals surface area contributed by atoms with Gasteiger partial charge < -0.3 is 20.9 Å². The number of hydrogen-bond acceptors (Lipinski definition) is 6. The third-order valence-corrected chi connectivity index (χ3v) is 4.07. The van der Waals surface area contributed by atoms with Gasteiger partial charge in [0.2, 0.25) is 5.95 Å². The first-order chi connectivity index (χ1) is 13.5. The van der Waals surface area contributed by atoms with Crippen molar-refractivity contribution in [1.29, 1.82) is 0 Å². The summed E-state index contributed by atoms with van der Waals surface area (Å²) < 4.78 is 0. The first kappa shape index (κ1) is 21.6. The van der Waals surface area contributed by atoms with Crippen LogP contribution in [0.25, 0.3) is 0 Å². The maximum atomic E-state index is 12.7. The number of amides is 1. The zero-order valence-electron chi connectivity index (χ0n) is 17.3. The van der Waals surface area contributed by atoms with Crippen LogP contribution in [0.3, 0.4) is 0 Å². The number of hydrogen-bond donors (Lipinski definition) is 3. The molecule has 0 aliphatic rings. The van der Waals surface area contributed by atoms with Gasteiger partial charge in [0, 0.05) is 25.8 Å². The molecule has 0 saturated carbocycles. The van der Waals surface area contributed by atoms with Crippen LogP contribution in [0.2, 0.25) is 0 Å². The lowest BCUT2D eigenvalue weighted by atomic mass is 10.2. The van der Waals surface area contributed by atoms with Gasteiger partial charge >= 0.3 is 0 Å². The van der Waals surface area contributed by atoms with E-state index in [4.69, 9.17) is 0 Å². The third kappa shape index (κ3) is 7.52. The Morgan fingerprint density at radius 2 is 1.89 bits per heavy atom. The summed E-state index contributed by atoms with van der Waals surface area (Å²) in [5.41, 5.74) is 1.50. The van der Waals surface area contributed by atoms with Crippen molar-refractivity contribution in [3.63, 3.8) is 0 Å². The summed E-state index contributed by atoms with van der Waals surface area (Å²) in [6.45, 7) is 7.20. The average Bonchev–Trinajstić information content (AvgIpc) is 2.68. The second kappa shape index (κ2) is 11.2. The molecule has 28 heavy (non-hydrogen) atoms. The van der Waals surface area contributed by atoms with Gasteiger partial charge in [-0.15, -0.1) is 0 Å². The number of rotatable bonds is 11. The van der Waals surface area contributed by atoms with Gasteiger partial charge in [-0.25, -0.2) is 4.98 Å². The topological polar surface area (TPSA) is 82.2 Å². The number of aromatic nitrogens is 2. The van der Waals surface area contributed by atoms with Crippen LogP contribution in [0.15, 0.2) is 36.5 Å². The zero-order valence-corrected chi connectivity index (χ0v) is 17.3. The summed E-state index contributed by atoms with van der Waals surface area (Å²) >= 11 is 0. The van der Waals surface area contributed by atoms with Crippen molar-refractivity contribution in [1.82, 2.24) is 20.2 Å². The second-order valence-corrected chi connectivity index (χ2v) is 7.48. The van der Waals surface area contributed by atoms with Crippen LogP contribution in [0, 0.1) is 5.92 Å². The molecule has 1 heterocycles. The van der Waals surface area contributed by atoms with E-state index >= 15 is 0 Å². The Bertz CT molecular complexity index is 733. The number of benzene rings is 1. The molecule has 1 amide bonds. The molecule has 3 N–H and O–H groups in total. The lowest BCUT2D eigenvalue weighted by molar-refractivity contribution is 0.0951. The van der Waals surface area contributed by atoms with E-state index in [0.717, 1.165) is 31.6 Å². The van der Waals surface area contributed by atoms with E-state index in [2.05, 4.69) is 44.7 Å². The first-order valence-corrected chi connectivity index (χ1v) is 9.77. The van der Waals surface area contributed by atoms with Crippen molar-refractivity contribution >= 4 is 17.7 Å². The van der Waals surface area contributed by atoms with Crippen LogP contribution in [0.4, 0.5) is 11.8 Å². The Morgan fingerprint density at radius 3 is 2.57 bits per heavy atom. The molecule has 0 unspecified atom stereocenters. The van der Waals surface area contributed by atoms with Crippen molar-refractivity contribution in [2.24, 2.45) is 5.92 Å². The van der Waals surface area contributed by atoms with Crippen molar-refractivity contribution in [3.8, 4) is 0 Å². The highest BCUT2D eigenvalue weighted by Gasteiger charge is 2.15. The minimum absolute atomic E-state index is 0.186. The van der Waals surface area contributed by atoms with Gasteiger partial charge in [-0.3, -0.25) is 4.79 Å². The van der Waals surface area contributed by atoms with Gasteiger partial charge in [-0.05, 0) is 38.5 Å². The lowest BCUT2D eigenvalue weighted by Gasteiger charge is -2.15. The molecule has 7 nitrogen and oxygen atoms in total. The summed E-state index contributed by atoms with van der Waals surface area (Å²) in [6.07, 6.45) is 2.58. The molecular weight excluding hydrogens is 352 g/mol. The fourth-order valence-corrected chi connectivity index (χ4v) is 2.54. The molecular formula is C21H32N6O. The van der Waals surface area contributed by atoms with Crippen LogP contribution in [-0.2, 0) is 6.54 Å². The molecule has 2 aromatic rings. The SMILES string of the molecule is CC(C)CNc1nc(NCCCN(C)C)ncc1C(=O)NCc1ccccc1. The summed E-state index contributed by atoms with van der Waals surface area (Å²) in [5, 5.41) is 9.45. The predicted octanol–water partition coefficient (Wildman–Crippen LogP) is 2.84. The van der Waals surface area contributed by atoms with Crippen LogP contribution < -0.4 is 16.0 Å². The van der Waals surface area contributed by atoms with Crippen molar-refractivity contribution in [2.45, 2.75) is 26.8 Å². The molecule has 0 aliphatic carbocycles. The molecule has 0 saturated heterocycles. The fraction of sp³-hybridized carbons (Fsp3) is 0.476. The standard InChI is InChI=1S/C21H32N6O/c1-16(2)13-23-19-18(20(28)24-14-17-9-6-5-7-10-17)15-25-21(26-19)22-11-8-12-27(3)4/h5-7,9-10,15-16H,8,11-14H2,1-4H3,(H,24,28)(H2,22,23,25,26). The van der Waals surface area contributed by atoms with Gasteiger partial charge in [-0.2, -0.15) is 4.98 Å². The second-order valence-electron chi connectivity index (χ2n) is 7.48. The van der Waals surface area contributed by atoms with Crippen molar-refractivity contribution in [2.75, 3.05) is 44.4 Å². The van der Waals surface area contributed by atoms with E-state index in [1.165, 1.54) is 0 Å². The molecule has 0 spiro atoms.